The predicted molar refractivity (Wildman–Crippen MR) is 85.5 cm³/mol. The van der Waals surface area contributed by atoms with Gasteiger partial charge in [0.25, 0.3) is 5.91 Å². The maximum absolute atomic E-state index is 11.9. The average Bonchev–Trinajstić information content (AvgIpc) is 2.81. The summed E-state index contributed by atoms with van der Waals surface area (Å²) in [5, 5.41) is 2.90. The van der Waals surface area contributed by atoms with E-state index in [1.54, 1.807) is 7.11 Å². The Morgan fingerprint density at radius 2 is 1.90 bits per heavy atom. The molecule has 0 fully saturated rings. The van der Waals surface area contributed by atoms with Crippen molar-refractivity contribution in [1.29, 1.82) is 0 Å². The van der Waals surface area contributed by atoms with Gasteiger partial charge in [-0.15, -0.1) is 0 Å². The quantitative estimate of drug-likeness (QED) is 0.800. The van der Waals surface area contributed by atoms with Crippen LogP contribution in [0, 0.1) is 0 Å². The lowest BCUT2D eigenvalue weighted by molar-refractivity contribution is -0.125. The first kappa shape index (κ1) is 16.0. The molecule has 1 aromatic carbocycles. The largest absolute Gasteiger partial charge is 0.367 e. The third-order valence-corrected chi connectivity index (χ3v) is 3.97. The summed E-state index contributed by atoms with van der Waals surface area (Å²) in [4.78, 5) is 14.4. The highest BCUT2D eigenvalue weighted by molar-refractivity contribution is 6.02. The van der Waals surface area contributed by atoms with E-state index in [0.29, 0.717) is 0 Å². The second kappa shape index (κ2) is 7.57. The molecule has 0 aliphatic carbocycles. The fraction of sp³-hybridized carbons (Fsp3) is 0.588. The minimum atomic E-state index is -0.456. The summed E-state index contributed by atoms with van der Waals surface area (Å²) < 4.78 is 5.37. The average molecular weight is 290 g/mol. The lowest BCUT2D eigenvalue weighted by Crippen LogP contribution is -2.28. The van der Waals surface area contributed by atoms with Crippen LogP contribution in [0.5, 0.6) is 0 Å². The molecule has 1 aliphatic rings. The van der Waals surface area contributed by atoms with E-state index in [1.165, 1.54) is 18.4 Å². The summed E-state index contributed by atoms with van der Waals surface area (Å²) in [5.41, 5.74) is 3.15. The molecular formula is C17H26N2O2. The van der Waals surface area contributed by atoms with Crippen LogP contribution in [-0.4, -0.2) is 37.6 Å². The summed E-state index contributed by atoms with van der Waals surface area (Å²) in [6.45, 7) is 7.73. The number of methoxy groups -OCH3 is 1. The van der Waals surface area contributed by atoms with E-state index in [9.17, 15) is 4.79 Å². The Bertz CT molecular complexity index is 482. The smallest absolute Gasteiger partial charge is 0.258 e. The number of anilines is 1. The number of carbonyl (C=O) groups excluding carboxylic acids is 1. The van der Waals surface area contributed by atoms with Crippen LogP contribution >= 0.6 is 0 Å². The SMILES string of the molecule is CCCN(CCC)CCc1cccc2c1C(OC)C(=O)N2. The third kappa shape index (κ3) is 3.63. The number of ether oxygens (including phenoxy) is 1. The first-order valence-electron chi connectivity index (χ1n) is 7.89. The zero-order valence-electron chi connectivity index (χ0n) is 13.3. The second-order valence-corrected chi connectivity index (χ2v) is 5.58. The van der Waals surface area contributed by atoms with E-state index in [4.69, 9.17) is 4.74 Å². The summed E-state index contributed by atoms with van der Waals surface area (Å²) >= 11 is 0. The minimum absolute atomic E-state index is 0.0566. The number of hydrogen-bond acceptors (Lipinski definition) is 3. The van der Waals surface area contributed by atoms with Crippen LogP contribution in [0.25, 0.3) is 0 Å². The van der Waals surface area contributed by atoms with Gasteiger partial charge in [0, 0.05) is 24.9 Å². The summed E-state index contributed by atoms with van der Waals surface area (Å²) in [6.07, 6.45) is 2.85. The van der Waals surface area contributed by atoms with Gasteiger partial charge in [-0.05, 0) is 44.0 Å². The Hall–Kier alpha value is -1.39. The van der Waals surface area contributed by atoms with E-state index in [0.717, 1.165) is 37.3 Å². The van der Waals surface area contributed by atoms with E-state index in [2.05, 4.69) is 30.1 Å². The normalized spacial score (nSPS) is 17.1. The fourth-order valence-corrected chi connectivity index (χ4v) is 3.05. The van der Waals surface area contributed by atoms with Crippen LogP contribution in [0.4, 0.5) is 5.69 Å². The molecule has 21 heavy (non-hydrogen) atoms. The van der Waals surface area contributed by atoms with Crippen LogP contribution in [0.2, 0.25) is 0 Å². The molecule has 116 valence electrons. The lowest BCUT2D eigenvalue weighted by atomic mass is 10.00. The Morgan fingerprint density at radius 3 is 2.52 bits per heavy atom. The van der Waals surface area contributed by atoms with Crippen LogP contribution in [0.3, 0.4) is 0 Å². The highest BCUT2D eigenvalue weighted by Crippen LogP contribution is 2.35. The topological polar surface area (TPSA) is 41.6 Å². The molecule has 0 aromatic heterocycles. The molecule has 0 saturated carbocycles. The molecule has 1 atom stereocenters. The third-order valence-electron chi connectivity index (χ3n) is 3.97. The van der Waals surface area contributed by atoms with Crippen molar-refractivity contribution in [2.45, 2.75) is 39.2 Å². The first-order chi connectivity index (χ1) is 10.2. The van der Waals surface area contributed by atoms with Crippen LogP contribution in [0.1, 0.15) is 43.9 Å². The number of fused-ring (bicyclic) bond motifs is 1. The highest BCUT2D eigenvalue weighted by Gasteiger charge is 2.32. The molecule has 1 aliphatic heterocycles. The van der Waals surface area contributed by atoms with Crippen molar-refractivity contribution in [1.82, 2.24) is 4.90 Å². The van der Waals surface area contributed by atoms with Crippen LogP contribution in [-0.2, 0) is 16.0 Å². The molecule has 1 aromatic rings. The Kier molecular flexibility index (Phi) is 5.76. The van der Waals surface area contributed by atoms with Crippen molar-refractivity contribution in [3.63, 3.8) is 0 Å². The molecule has 0 saturated heterocycles. The molecule has 0 radical (unpaired) electrons. The Labute approximate surface area is 127 Å². The van der Waals surface area contributed by atoms with Crippen molar-refractivity contribution in [3.05, 3.63) is 29.3 Å². The van der Waals surface area contributed by atoms with Gasteiger partial charge in [0.2, 0.25) is 0 Å². The summed E-state index contributed by atoms with van der Waals surface area (Å²) in [5.74, 6) is -0.0566. The second-order valence-electron chi connectivity index (χ2n) is 5.58. The van der Waals surface area contributed by atoms with Gasteiger partial charge in [-0.3, -0.25) is 4.79 Å². The first-order valence-corrected chi connectivity index (χ1v) is 7.89. The number of carbonyl (C=O) groups is 1. The standard InChI is InChI=1S/C17H26N2O2/c1-4-10-19(11-5-2)12-9-13-7-6-8-14-15(13)16(21-3)17(20)18-14/h6-8,16H,4-5,9-12H2,1-3H3,(H,18,20). The number of rotatable bonds is 8. The van der Waals surface area contributed by atoms with E-state index in [-0.39, 0.29) is 5.91 Å². The molecule has 1 unspecified atom stereocenters. The van der Waals surface area contributed by atoms with Gasteiger partial charge in [-0.1, -0.05) is 26.0 Å². The molecule has 2 rings (SSSR count). The van der Waals surface area contributed by atoms with E-state index < -0.39 is 6.10 Å². The zero-order chi connectivity index (χ0) is 15.2. The van der Waals surface area contributed by atoms with Crippen molar-refractivity contribution >= 4 is 11.6 Å². The molecule has 4 nitrogen and oxygen atoms in total. The maximum Gasteiger partial charge on any atom is 0.258 e. The van der Waals surface area contributed by atoms with Gasteiger partial charge in [0.05, 0.1) is 0 Å². The minimum Gasteiger partial charge on any atom is -0.367 e. The van der Waals surface area contributed by atoms with Crippen molar-refractivity contribution in [2.75, 3.05) is 32.1 Å². The van der Waals surface area contributed by atoms with Gasteiger partial charge in [-0.2, -0.15) is 0 Å². The number of hydrogen-bond donors (Lipinski definition) is 1. The number of benzene rings is 1. The van der Waals surface area contributed by atoms with Crippen molar-refractivity contribution < 1.29 is 9.53 Å². The monoisotopic (exact) mass is 290 g/mol. The van der Waals surface area contributed by atoms with E-state index >= 15 is 0 Å². The highest BCUT2D eigenvalue weighted by atomic mass is 16.5. The van der Waals surface area contributed by atoms with Crippen LogP contribution in [0.15, 0.2) is 18.2 Å². The predicted octanol–water partition coefficient (Wildman–Crippen LogP) is 2.99. The molecule has 1 heterocycles. The molecule has 0 spiro atoms. The van der Waals surface area contributed by atoms with Crippen molar-refractivity contribution in [3.8, 4) is 0 Å². The molecular weight excluding hydrogens is 264 g/mol. The maximum atomic E-state index is 11.9. The van der Waals surface area contributed by atoms with Gasteiger partial charge < -0.3 is 15.0 Å². The summed E-state index contributed by atoms with van der Waals surface area (Å²) in [7, 11) is 1.59. The number of nitrogens with one attached hydrogen (secondary N) is 1. The summed E-state index contributed by atoms with van der Waals surface area (Å²) in [6, 6.07) is 6.07. The van der Waals surface area contributed by atoms with Crippen LogP contribution < -0.4 is 5.32 Å². The van der Waals surface area contributed by atoms with Crippen molar-refractivity contribution in [2.24, 2.45) is 0 Å². The molecule has 4 heteroatoms. The van der Waals surface area contributed by atoms with E-state index in [1.807, 2.05) is 12.1 Å². The number of amides is 1. The Morgan fingerprint density at radius 1 is 1.19 bits per heavy atom. The lowest BCUT2D eigenvalue weighted by Gasteiger charge is -2.22. The van der Waals surface area contributed by atoms with Gasteiger partial charge in [0.1, 0.15) is 0 Å². The zero-order valence-corrected chi connectivity index (χ0v) is 13.3. The number of nitrogens with zero attached hydrogens (tertiary/aromatic N) is 1. The molecule has 0 bridgehead atoms. The van der Waals surface area contributed by atoms with Gasteiger partial charge in [0.15, 0.2) is 6.10 Å². The fourth-order valence-electron chi connectivity index (χ4n) is 3.05. The molecule has 1 N–H and O–H groups in total. The van der Waals surface area contributed by atoms with Gasteiger partial charge in [-0.25, -0.2) is 0 Å². The molecule has 1 amide bonds. The van der Waals surface area contributed by atoms with Gasteiger partial charge >= 0.3 is 0 Å². The Balaban J connectivity index is 2.11.